The molecule has 3 N–H and O–H groups in total. The number of nitrogen functional groups attached to an aromatic ring is 1. The number of hydrogen-bond donors (Lipinski definition) is 2. The third-order valence-corrected chi connectivity index (χ3v) is 5.25. The van der Waals surface area contributed by atoms with Gasteiger partial charge in [0.2, 0.25) is 10.0 Å². The standard InChI is InChI=1S/C15H15FN2O2S/c16-13-6-3-7-14(17)15(13)21(19,20)18-12-8-10-4-1-2-5-11(10)9-12/h1-7,12,18H,8-9,17H2. The van der Waals surface area contributed by atoms with Gasteiger partial charge in [0.1, 0.15) is 10.7 Å². The highest BCUT2D eigenvalue weighted by molar-refractivity contribution is 7.89. The molecule has 1 aliphatic carbocycles. The Morgan fingerprint density at radius 1 is 1.05 bits per heavy atom. The van der Waals surface area contributed by atoms with Crippen molar-refractivity contribution in [2.45, 2.75) is 23.8 Å². The number of halogens is 1. The third kappa shape index (κ3) is 2.64. The quantitative estimate of drug-likeness (QED) is 0.850. The van der Waals surface area contributed by atoms with Gasteiger partial charge in [-0.2, -0.15) is 0 Å². The summed E-state index contributed by atoms with van der Waals surface area (Å²) in [6.07, 6.45) is 1.20. The average Bonchev–Trinajstić information content (AvgIpc) is 2.79. The van der Waals surface area contributed by atoms with Crippen LogP contribution >= 0.6 is 0 Å². The minimum atomic E-state index is -3.97. The van der Waals surface area contributed by atoms with Crippen LogP contribution in [0.25, 0.3) is 0 Å². The summed E-state index contributed by atoms with van der Waals surface area (Å²) in [6.45, 7) is 0. The van der Waals surface area contributed by atoms with E-state index in [9.17, 15) is 12.8 Å². The highest BCUT2D eigenvalue weighted by Crippen LogP contribution is 2.26. The average molecular weight is 306 g/mol. The molecule has 0 aromatic heterocycles. The van der Waals surface area contributed by atoms with E-state index in [1.165, 1.54) is 12.1 Å². The summed E-state index contributed by atoms with van der Waals surface area (Å²) in [5.74, 6) is -0.835. The van der Waals surface area contributed by atoms with Crippen molar-refractivity contribution in [2.24, 2.45) is 0 Å². The second kappa shape index (κ2) is 5.13. The zero-order chi connectivity index (χ0) is 15.0. The molecule has 0 radical (unpaired) electrons. The van der Waals surface area contributed by atoms with Crippen LogP contribution < -0.4 is 10.5 Å². The van der Waals surface area contributed by atoms with Gasteiger partial charge in [-0.05, 0) is 36.1 Å². The Bertz CT molecular complexity index is 745. The summed E-state index contributed by atoms with van der Waals surface area (Å²) < 4.78 is 41.0. The Balaban J connectivity index is 1.86. The molecule has 110 valence electrons. The van der Waals surface area contributed by atoms with Crippen LogP contribution in [0.3, 0.4) is 0 Å². The molecule has 0 saturated heterocycles. The Labute approximate surface area is 122 Å². The highest BCUT2D eigenvalue weighted by Gasteiger charge is 2.29. The molecule has 0 spiro atoms. The van der Waals surface area contributed by atoms with E-state index in [0.717, 1.165) is 17.2 Å². The van der Waals surface area contributed by atoms with Crippen LogP contribution in [0.5, 0.6) is 0 Å². The summed E-state index contributed by atoms with van der Waals surface area (Å²) in [4.78, 5) is -0.471. The summed E-state index contributed by atoms with van der Waals surface area (Å²) in [5, 5.41) is 0. The van der Waals surface area contributed by atoms with Crippen LogP contribution in [0.15, 0.2) is 47.4 Å². The maximum atomic E-state index is 13.8. The van der Waals surface area contributed by atoms with E-state index in [0.29, 0.717) is 12.8 Å². The van der Waals surface area contributed by atoms with Crippen molar-refractivity contribution in [1.82, 2.24) is 4.72 Å². The number of nitrogens with two attached hydrogens (primary N) is 1. The van der Waals surface area contributed by atoms with Gasteiger partial charge >= 0.3 is 0 Å². The molecule has 2 aromatic rings. The first kappa shape index (κ1) is 14.0. The molecule has 0 fully saturated rings. The lowest BCUT2D eigenvalue weighted by Gasteiger charge is -2.14. The zero-order valence-electron chi connectivity index (χ0n) is 11.2. The largest absolute Gasteiger partial charge is 0.398 e. The molecule has 0 amide bonds. The first-order valence-corrected chi connectivity index (χ1v) is 8.09. The minimum absolute atomic E-state index is 0.0852. The van der Waals surface area contributed by atoms with Crippen molar-refractivity contribution in [3.8, 4) is 0 Å². The number of anilines is 1. The molecule has 0 aliphatic heterocycles. The summed E-state index contributed by atoms with van der Waals surface area (Å²) in [6, 6.07) is 11.4. The second-order valence-electron chi connectivity index (χ2n) is 5.15. The number of fused-ring (bicyclic) bond motifs is 1. The van der Waals surface area contributed by atoms with Gasteiger partial charge in [-0.25, -0.2) is 17.5 Å². The van der Waals surface area contributed by atoms with Crippen LogP contribution in [-0.2, 0) is 22.9 Å². The van der Waals surface area contributed by atoms with Crippen molar-refractivity contribution >= 4 is 15.7 Å². The van der Waals surface area contributed by atoms with E-state index >= 15 is 0 Å². The van der Waals surface area contributed by atoms with E-state index in [2.05, 4.69) is 4.72 Å². The molecule has 1 aliphatic rings. The van der Waals surface area contributed by atoms with Gasteiger partial charge in [0, 0.05) is 6.04 Å². The zero-order valence-corrected chi connectivity index (χ0v) is 12.0. The second-order valence-corrected chi connectivity index (χ2v) is 6.80. The van der Waals surface area contributed by atoms with Crippen molar-refractivity contribution in [3.05, 3.63) is 59.4 Å². The smallest absolute Gasteiger partial charge is 0.245 e. The Kier molecular flexibility index (Phi) is 3.43. The molecule has 0 atom stereocenters. The van der Waals surface area contributed by atoms with Gasteiger partial charge in [-0.15, -0.1) is 0 Å². The topological polar surface area (TPSA) is 72.2 Å². The summed E-state index contributed by atoms with van der Waals surface area (Å²) >= 11 is 0. The molecular formula is C15H15FN2O2S. The fraction of sp³-hybridized carbons (Fsp3) is 0.200. The van der Waals surface area contributed by atoms with Gasteiger partial charge in [-0.1, -0.05) is 30.3 Å². The molecule has 2 aromatic carbocycles. The monoisotopic (exact) mass is 306 g/mol. The molecule has 0 heterocycles. The number of sulfonamides is 1. The van der Waals surface area contributed by atoms with Crippen LogP contribution in [0.4, 0.5) is 10.1 Å². The number of benzene rings is 2. The van der Waals surface area contributed by atoms with Crippen LogP contribution in [0.1, 0.15) is 11.1 Å². The molecule has 6 heteroatoms. The minimum Gasteiger partial charge on any atom is -0.398 e. The summed E-state index contributed by atoms with van der Waals surface area (Å²) in [7, 11) is -3.97. The molecule has 21 heavy (non-hydrogen) atoms. The molecular weight excluding hydrogens is 291 g/mol. The van der Waals surface area contributed by atoms with Gasteiger partial charge in [-0.3, -0.25) is 0 Å². The van der Waals surface area contributed by atoms with Crippen molar-refractivity contribution in [1.29, 1.82) is 0 Å². The van der Waals surface area contributed by atoms with Crippen LogP contribution in [-0.4, -0.2) is 14.5 Å². The SMILES string of the molecule is Nc1cccc(F)c1S(=O)(=O)NC1Cc2ccccc2C1. The molecule has 4 nitrogen and oxygen atoms in total. The van der Waals surface area contributed by atoms with Crippen molar-refractivity contribution < 1.29 is 12.8 Å². The fourth-order valence-electron chi connectivity index (χ4n) is 2.73. The van der Waals surface area contributed by atoms with Gasteiger partial charge < -0.3 is 5.73 Å². The predicted octanol–water partition coefficient (Wildman–Crippen LogP) is 1.85. The van der Waals surface area contributed by atoms with Crippen molar-refractivity contribution in [3.63, 3.8) is 0 Å². The van der Waals surface area contributed by atoms with Crippen LogP contribution in [0, 0.1) is 5.82 Å². The maximum absolute atomic E-state index is 13.8. The Morgan fingerprint density at radius 3 is 2.24 bits per heavy atom. The lowest BCUT2D eigenvalue weighted by atomic mass is 10.1. The number of rotatable bonds is 3. The number of hydrogen-bond acceptors (Lipinski definition) is 3. The molecule has 3 rings (SSSR count). The van der Waals surface area contributed by atoms with Crippen molar-refractivity contribution in [2.75, 3.05) is 5.73 Å². The van der Waals surface area contributed by atoms with Gasteiger partial charge in [0.15, 0.2) is 0 Å². The third-order valence-electron chi connectivity index (χ3n) is 3.64. The first-order valence-electron chi connectivity index (χ1n) is 6.60. The molecule has 0 unspecified atom stereocenters. The first-order chi connectivity index (χ1) is 9.97. The summed E-state index contributed by atoms with van der Waals surface area (Å²) in [5.41, 5.74) is 7.76. The lowest BCUT2D eigenvalue weighted by molar-refractivity contribution is 0.540. The van der Waals surface area contributed by atoms with E-state index in [1.54, 1.807) is 0 Å². The predicted molar refractivity (Wildman–Crippen MR) is 78.8 cm³/mol. The van der Waals surface area contributed by atoms with Gasteiger partial charge in [0.05, 0.1) is 5.69 Å². The molecule has 0 saturated carbocycles. The normalized spacial score (nSPS) is 15.1. The van der Waals surface area contributed by atoms with Crippen LogP contribution in [0.2, 0.25) is 0 Å². The Hall–Kier alpha value is -1.92. The maximum Gasteiger partial charge on any atom is 0.245 e. The van der Waals surface area contributed by atoms with E-state index < -0.39 is 20.7 Å². The van der Waals surface area contributed by atoms with E-state index in [4.69, 9.17) is 5.73 Å². The van der Waals surface area contributed by atoms with E-state index in [-0.39, 0.29) is 11.7 Å². The Morgan fingerprint density at radius 2 is 1.67 bits per heavy atom. The van der Waals surface area contributed by atoms with E-state index in [1.807, 2.05) is 24.3 Å². The molecule has 0 bridgehead atoms. The highest BCUT2D eigenvalue weighted by atomic mass is 32.2. The fourth-order valence-corrected chi connectivity index (χ4v) is 4.16. The van der Waals surface area contributed by atoms with Gasteiger partial charge in [0.25, 0.3) is 0 Å². The lowest BCUT2D eigenvalue weighted by Crippen LogP contribution is -2.36. The number of nitrogens with one attached hydrogen (secondary N) is 1.